The zero-order valence-corrected chi connectivity index (χ0v) is 15.1. The average Bonchev–Trinajstić information content (AvgIpc) is 2.55. The lowest BCUT2D eigenvalue weighted by atomic mass is 10.2. The van der Waals surface area contributed by atoms with Crippen molar-refractivity contribution in [1.29, 1.82) is 0 Å². The smallest absolute Gasteiger partial charge is 0.262 e. The van der Waals surface area contributed by atoms with Gasteiger partial charge >= 0.3 is 0 Å². The first-order valence-corrected chi connectivity index (χ1v) is 8.36. The van der Waals surface area contributed by atoms with Crippen molar-refractivity contribution in [3.8, 4) is 5.75 Å². The number of benzene rings is 2. The predicted octanol–water partition coefficient (Wildman–Crippen LogP) is 3.99. The lowest BCUT2D eigenvalue weighted by Crippen LogP contribution is -2.20. The SMILES string of the molecule is CCc1ccc(OCC(=O)Nc2ccc(NC(C)=O)cc2)c(Br)c1. The molecule has 126 valence electrons. The maximum atomic E-state index is 12.0. The molecular weight excluding hydrogens is 372 g/mol. The predicted molar refractivity (Wildman–Crippen MR) is 98.4 cm³/mol. The second-order valence-corrected chi connectivity index (χ2v) is 6.07. The second-order valence-electron chi connectivity index (χ2n) is 5.21. The highest BCUT2D eigenvalue weighted by molar-refractivity contribution is 9.10. The van der Waals surface area contributed by atoms with Crippen molar-refractivity contribution in [2.45, 2.75) is 20.3 Å². The van der Waals surface area contributed by atoms with E-state index in [0.717, 1.165) is 10.9 Å². The van der Waals surface area contributed by atoms with E-state index in [2.05, 4.69) is 33.5 Å². The number of hydrogen-bond acceptors (Lipinski definition) is 3. The molecule has 0 bridgehead atoms. The molecule has 0 aliphatic rings. The van der Waals surface area contributed by atoms with Crippen LogP contribution in [-0.4, -0.2) is 18.4 Å². The Labute approximate surface area is 149 Å². The first kappa shape index (κ1) is 18.0. The first-order chi connectivity index (χ1) is 11.5. The number of carbonyl (C=O) groups excluding carboxylic acids is 2. The van der Waals surface area contributed by atoms with Crippen molar-refractivity contribution < 1.29 is 14.3 Å². The molecule has 24 heavy (non-hydrogen) atoms. The molecule has 0 saturated heterocycles. The summed E-state index contributed by atoms with van der Waals surface area (Å²) in [7, 11) is 0. The van der Waals surface area contributed by atoms with Gasteiger partial charge in [-0.15, -0.1) is 0 Å². The van der Waals surface area contributed by atoms with Crippen LogP contribution in [0.5, 0.6) is 5.75 Å². The number of halogens is 1. The molecule has 6 heteroatoms. The van der Waals surface area contributed by atoms with Gasteiger partial charge in [-0.3, -0.25) is 9.59 Å². The van der Waals surface area contributed by atoms with Crippen LogP contribution in [0.4, 0.5) is 11.4 Å². The summed E-state index contributed by atoms with van der Waals surface area (Å²) < 4.78 is 6.36. The number of carbonyl (C=O) groups is 2. The summed E-state index contributed by atoms with van der Waals surface area (Å²) in [6, 6.07) is 12.7. The van der Waals surface area contributed by atoms with Gasteiger partial charge in [0.15, 0.2) is 6.61 Å². The molecule has 0 saturated carbocycles. The molecule has 0 aliphatic heterocycles. The number of anilines is 2. The van der Waals surface area contributed by atoms with Crippen molar-refractivity contribution in [2.75, 3.05) is 17.2 Å². The molecule has 2 aromatic rings. The molecule has 2 aromatic carbocycles. The molecule has 5 nitrogen and oxygen atoms in total. The zero-order chi connectivity index (χ0) is 17.5. The van der Waals surface area contributed by atoms with Gasteiger partial charge in [-0.25, -0.2) is 0 Å². The van der Waals surface area contributed by atoms with Crippen molar-refractivity contribution in [2.24, 2.45) is 0 Å². The van der Waals surface area contributed by atoms with Crippen molar-refractivity contribution >= 4 is 39.1 Å². The summed E-state index contributed by atoms with van der Waals surface area (Å²) >= 11 is 3.44. The fraction of sp³-hybridized carbons (Fsp3) is 0.222. The molecule has 0 aromatic heterocycles. The summed E-state index contributed by atoms with van der Waals surface area (Å²) in [5.74, 6) is 0.233. The average molecular weight is 391 g/mol. The third-order valence-corrected chi connectivity index (χ3v) is 3.87. The van der Waals surface area contributed by atoms with E-state index in [-0.39, 0.29) is 18.4 Å². The van der Waals surface area contributed by atoms with Gasteiger partial charge in [0.1, 0.15) is 5.75 Å². The minimum Gasteiger partial charge on any atom is -0.483 e. The normalized spacial score (nSPS) is 10.1. The van der Waals surface area contributed by atoms with Gasteiger partial charge < -0.3 is 15.4 Å². The van der Waals surface area contributed by atoms with Crippen LogP contribution in [0.2, 0.25) is 0 Å². The van der Waals surface area contributed by atoms with E-state index in [9.17, 15) is 9.59 Å². The van der Waals surface area contributed by atoms with Gasteiger partial charge in [0, 0.05) is 18.3 Å². The Morgan fingerprint density at radius 1 is 1.04 bits per heavy atom. The Kier molecular flexibility index (Phi) is 6.37. The molecule has 2 rings (SSSR count). The van der Waals surface area contributed by atoms with Crippen LogP contribution in [-0.2, 0) is 16.0 Å². The third kappa shape index (κ3) is 5.38. The molecule has 0 radical (unpaired) electrons. The lowest BCUT2D eigenvalue weighted by Gasteiger charge is -2.10. The van der Waals surface area contributed by atoms with E-state index in [1.54, 1.807) is 24.3 Å². The van der Waals surface area contributed by atoms with E-state index in [1.807, 2.05) is 18.2 Å². The van der Waals surface area contributed by atoms with E-state index in [0.29, 0.717) is 17.1 Å². The molecule has 0 aliphatic carbocycles. The van der Waals surface area contributed by atoms with Crippen LogP contribution >= 0.6 is 15.9 Å². The quantitative estimate of drug-likeness (QED) is 0.783. The van der Waals surface area contributed by atoms with Gasteiger partial charge in [0.05, 0.1) is 4.47 Å². The number of hydrogen-bond donors (Lipinski definition) is 2. The van der Waals surface area contributed by atoms with E-state index in [1.165, 1.54) is 12.5 Å². The van der Waals surface area contributed by atoms with Crippen LogP contribution in [0.1, 0.15) is 19.4 Å². The van der Waals surface area contributed by atoms with Gasteiger partial charge in [0.25, 0.3) is 5.91 Å². The summed E-state index contributed by atoms with van der Waals surface area (Å²) in [6.45, 7) is 3.43. The Morgan fingerprint density at radius 3 is 2.21 bits per heavy atom. The molecular formula is C18H19BrN2O3. The molecule has 2 N–H and O–H groups in total. The van der Waals surface area contributed by atoms with E-state index >= 15 is 0 Å². The maximum Gasteiger partial charge on any atom is 0.262 e. The summed E-state index contributed by atoms with van der Waals surface area (Å²) in [5.41, 5.74) is 2.51. The Hall–Kier alpha value is -2.34. The zero-order valence-electron chi connectivity index (χ0n) is 13.6. The molecule has 0 unspecified atom stereocenters. The van der Waals surface area contributed by atoms with Gasteiger partial charge in [-0.2, -0.15) is 0 Å². The molecule has 0 spiro atoms. The lowest BCUT2D eigenvalue weighted by molar-refractivity contribution is -0.118. The van der Waals surface area contributed by atoms with Crippen LogP contribution in [0, 0.1) is 0 Å². The number of amides is 2. The first-order valence-electron chi connectivity index (χ1n) is 7.56. The highest BCUT2D eigenvalue weighted by Crippen LogP contribution is 2.26. The molecule has 0 atom stereocenters. The van der Waals surface area contributed by atoms with Gasteiger partial charge in [-0.05, 0) is 64.3 Å². The Morgan fingerprint density at radius 2 is 1.67 bits per heavy atom. The number of aryl methyl sites for hydroxylation is 1. The minimum atomic E-state index is -0.256. The molecule has 0 fully saturated rings. The second kappa shape index (κ2) is 8.49. The van der Waals surface area contributed by atoms with Crippen molar-refractivity contribution in [1.82, 2.24) is 0 Å². The standard InChI is InChI=1S/C18H19BrN2O3/c1-3-13-4-9-17(16(19)10-13)24-11-18(23)21-15-7-5-14(6-8-15)20-12(2)22/h4-10H,3,11H2,1-2H3,(H,20,22)(H,21,23). The minimum absolute atomic E-state index is 0.0858. The Balaban J connectivity index is 1.88. The van der Waals surface area contributed by atoms with Crippen molar-refractivity contribution in [3.05, 3.63) is 52.5 Å². The fourth-order valence-corrected chi connectivity index (χ4v) is 2.60. The van der Waals surface area contributed by atoms with Crippen LogP contribution in [0.15, 0.2) is 46.9 Å². The topological polar surface area (TPSA) is 67.4 Å². The summed E-state index contributed by atoms with van der Waals surface area (Å²) in [4.78, 5) is 22.9. The largest absolute Gasteiger partial charge is 0.483 e. The van der Waals surface area contributed by atoms with Gasteiger partial charge in [0.2, 0.25) is 5.91 Å². The molecule has 2 amide bonds. The van der Waals surface area contributed by atoms with E-state index < -0.39 is 0 Å². The highest BCUT2D eigenvalue weighted by Gasteiger charge is 2.07. The fourth-order valence-electron chi connectivity index (χ4n) is 2.06. The highest BCUT2D eigenvalue weighted by atomic mass is 79.9. The monoisotopic (exact) mass is 390 g/mol. The third-order valence-electron chi connectivity index (χ3n) is 3.25. The number of ether oxygens (including phenoxy) is 1. The molecule has 0 heterocycles. The van der Waals surface area contributed by atoms with Crippen LogP contribution in [0.3, 0.4) is 0 Å². The van der Waals surface area contributed by atoms with Crippen LogP contribution < -0.4 is 15.4 Å². The Bertz CT molecular complexity index is 730. The van der Waals surface area contributed by atoms with Crippen molar-refractivity contribution in [3.63, 3.8) is 0 Å². The number of nitrogens with one attached hydrogen (secondary N) is 2. The maximum absolute atomic E-state index is 12.0. The number of rotatable bonds is 6. The van der Waals surface area contributed by atoms with Crippen LogP contribution in [0.25, 0.3) is 0 Å². The summed E-state index contributed by atoms with van der Waals surface area (Å²) in [5, 5.41) is 5.41. The van der Waals surface area contributed by atoms with Gasteiger partial charge in [-0.1, -0.05) is 13.0 Å². The van der Waals surface area contributed by atoms with E-state index in [4.69, 9.17) is 4.74 Å². The summed E-state index contributed by atoms with van der Waals surface area (Å²) in [6.07, 6.45) is 0.938.